The molecule has 5 heteroatoms. The van der Waals surface area contributed by atoms with Crippen LogP contribution in [0.2, 0.25) is 0 Å². The molecule has 1 aromatic carbocycles. The number of hydrogen-bond donors (Lipinski definition) is 2. The maximum absolute atomic E-state index is 11.5. The van der Waals surface area contributed by atoms with Crippen molar-refractivity contribution in [2.24, 2.45) is 11.8 Å². The molecule has 1 saturated carbocycles. The first-order chi connectivity index (χ1) is 15.0. The molecular weight excluding hydrogens is 386 g/mol. The number of piperidine rings is 2. The summed E-state index contributed by atoms with van der Waals surface area (Å²) in [5, 5.41) is 15.6. The number of hydrogen-bond acceptors (Lipinski definition) is 4. The Morgan fingerprint density at radius 2 is 1.81 bits per heavy atom. The first kappa shape index (κ1) is 20.7. The zero-order valence-electron chi connectivity index (χ0n) is 18.6. The third-order valence-electron chi connectivity index (χ3n) is 7.99. The average Bonchev–Trinajstić information content (AvgIpc) is 2.75. The zero-order chi connectivity index (χ0) is 21.4. The second kappa shape index (κ2) is 8.78. The molecule has 31 heavy (non-hydrogen) atoms. The van der Waals surface area contributed by atoms with Gasteiger partial charge in [0.1, 0.15) is 5.82 Å². The molecule has 5 rings (SSSR count). The van der Waals surface area contributed by atoms with Crippen LogP contribution >= 0.6 is 0 Å². The molecule has 0 spiro atoms. The molecule has 2 atom stereocenters. The van der Waals surface area contributed by atoms with Crippen LogP contribution in [0.25, 0.3) is 10.8 Å². The fourth-order valence-corrected chi connectivity index (χ4v) is 6.13. The molecule has 2 bridgehead atoms. The molecule has 1 aliphatic carbocycles. The molecular formula is C26H35N3O2. The topological polar surface area (TPSA) is 65.5 Å². The molecule has 2 saturated heterocycles. The molecule has 0 radical (unpaired) electrons. The number of pyridine rings is 1. The second-order valence-electron chi connectivity index (χ2n) is 10.3. The Morgan fingerprint density at radius 3 is 2.52 bits per heavy atom. The maximum atomic E-state index is 11.5. The fraction of sp³-hybridized carbons (Fsp3) is 0.615. The summed E-state index contributed by atoms with van der Waals surface area (Å²) in [5.74, 6) is 1.08. The molecule has 5 nitrogen and oxygen atoms in total. The Hall–Kier alpha value is -2.14. The molecule has 2 aliphatic heterocycles. The third-order valence-corrected chi connectivity index (χ3v) is 7.99. The van der Waals surface area contributed by atoms with Gasteiger partial charge in [-0.05, 0) is 80.4 Å². The SMILES string of the molecule is C[C@H]1CC[C@@H](Nc2cc3ccc(CN4C5CCCC4CC(C(=O)O)C5)cc3cn2)CC1. The van der Waals surface area contributed by atoms with E-state index in [0.717, 1.165) is 44.0 Å². The van der Waals surface area contributed by atoms with Gasteiger partial charge in [-0.15, -0.1) is 0 Å². The van der Waals surface area contributed by atoms with E-state index in [1.807, 2.05) is 6.20 Å². The standard InChI is InChI=1S/C26H35N3O2/c1-17-5-9-22(10-6-17)28-25-14-19-8-7-18(11-21(19)15-27-25)16-29-23-3-2-4-24(29)13-20(12-23)26(30)31/h7-8,11,14-15,17,20,22-24H,2-6,9-10,12-13,16H2,1H3,(H,27,28)(H,30,31)/t17-,20?,22+,23?,24?. The lowest BCUT2D eigenvalue weighted by Gasteiger charge is -2.48. The smallest absolute Gasteiger partial charge is 0.306 e. The zero-order valence-corrected chi connectivity index (χ0v) is 18.6. The van der Waals surface area contributed by atoms with Gasteiger partial charge in [0.05, 0.1) is 5.92 Å². The van der Waals surface area contributed by atoms with Crippen LogP contribution in [-0.2, 0) is 11.3 Å². The first-order valence-corrected chi connectivity index (χ1v) is 12.2. The molecule has 2 N–H and O–H groups in total. The normalized spacial score (nSPS) is 31.5. The molecule has 2 unspecified atom stereocenters. The molecule has 0 amide bonds. The summed E-state index contributed by atoms with van der Waals surface area (Å²) < 4.78 is 0. The predicted octanol–water partition coefficient (Wildman–Crippen LogP) is 5.44. The van der Waals surface area contributed by atoms with E-state index in [1.54, 1.807) is 0 Å². The van der Waals surface area contributed by atoms with E-state index in [9.17, 15) is 9.90 Å². The van der Waals surface area contributed by atoms with Gasteiger partial charge in [0.25, 0.3) is 0 Å². The minimum Gasteiger partial charge on any atom is -0.481 e. The summed E-state index contributed by atoms with van der Waals surface area (Å²) in [6.07, 6.45) is 12.2. The largest absolute Gasteiger partial charge is 0.481 e. The highest BCUT2D eigenvalue weighted by atomic mass is 16.4. The fourth-order valence-electron chi connectivity index (χ4n) is 6.13. The van der Waals surface area contributed by atoms with Crippen molar-refractivity contribution in [3.63, 3.8) is 0 Å². The Kier molecular flexibility index (Phi) is 5.87. The number of carboxylic acids is 1. The summed E-state index contributed by atoms with van der Waals surface area (Å²) in [7, 11) is 0. The van der Waals surface area contributed by atoms with Crippen molar-refractivity contribution < 1.29 is 9.90 Å². The van der Waals surface area contributed by atoms with Crippen LogP contribution in [0.5, 0.6) is 0 Å². The van der Waals surface area contributed by atoms with E-state index in [2.05, 4.69) is 41.4 Å². The lowest BCUT2D eigenvalue weighted by Crippen LogP contribution is -2.52. The summed E-state index contributed by atoms with van der Waals surface area (Å²) in [5.41, 5.74) is 1.31. The van der Waals surface area contributed by atoms with E-state index < -0.39 is 5.97 Å². The van der Waals surface area contributed by atoms with Crippen molar-refractivity contribution in [3.05, 3.63) is 36.0 Å². The quantitative estimate of drug-likeness (QED) is 0.673. The maximum Gasteiger partial charge on any atom is 0.306 e. The number of anilines is 1. The van der Waals surface area contributed by atoms with Crippen LogP contribution in [-0.4, -0.2) is 39.1 Å². The van der Waals surface area contributed by atoms with E-state index in [4.69, 9.17) is 4.98 Å². The number of aromatic nitrogens is 1. The van der Waals surface area contributed by atoms with Crippen molar-refractivity contribution in [2.45, 2.75) is 89.4 Å². The summed E-state index contributed by atoms with van der Waals surface area (Å²) >= 11 is 0. The van der Waals surface area contributed by atoms with E-state index in [1.165, 1.54) is 48.4 Å². The van der Waals surface area contributed by atoms with E-state index in [0.29, 0.717) is 18.1 Å². The molecule has 3 fully saturated rings. The lowest BCUT2D eigenvalue weighted by molar-refractivity contribution is -0.146. The minimum atomic E-state index is -0.611. The Balaban J connectivity index is 1.27. The van der Waals surface area contributed by atoms with Crippen LogP contribution in [0.1, 0.15) is 70.3 Å². The highest BCUT2D eigenvalue weighted by Crippen LogP contribution is 2.38. The molecule has 1 aromatic heterocycles. The van der Waals surface area contributed by atoms with Gasteiger partial charge in [0.2, 0.25) is 0 Å². The molecule has 166 valence electrons. The van der Waals surface area contributed by atoms with Gasteiger partial charge in [-0.2, -0.15) is 0 Å². The van der Waals surface area contributed by atoms with Crippen LogP contribution in [0, 0.1) is 11.8 Å². The molecule has 3 aliphatic rings. The van der Waals surface area contributed by atoms with Gasteiger partial charge in [-0.1, -0.05) is 25.5 Å². The minimum absolute atomic E-state index is 0.161. The number of carbonyl (C=O) groups is 1. The highest BCUT2D eigenvalue weighted by molar-refractivity contribution is 5.84. The van der Waals surface area contributed by atoms with Crippen LogP contribution in [0.4, 0.5) is 5.82 Å². The number of aliphatic carboxylic acids is 1. The molecule has 2 aromatic rings. The first-order valence-electron chi connectivity index (χ1n) is 12.2. The van der Waals surface area contributed by atoms with Crippen molar-refractivity contribution in [1.29, 1.82) is 0 Å². The van der Waals surface area contributed by atoms with Gasteiger partial charge >= 0.3 is 5.97 Å². The second-order valence-corrected chi connectivity index (χ2v) is 10.3. The highest BCUT2D eigenvalue weighted by Gasteiger charge is 2.40. The average molecular weight is 422 g/mol. The van der Waals surface area contributed by atoms with Gasteiger partial charge in [0.15, 0.2) is 0 Å². The van der Waals surface area contributed by atoms with Crippen LogP contribution < -0.4 is 5.32 Å². The van der Waals surface area contributed by atoms with Crippen molar-refractivity contribution in [3.8, 4) is 0 Å². The monoisotopic (exact) mass is 421 g/mol. The Bertz CT molecular complexity index is 923. The number of fused-ring (bicyclic) bond motifs is 3. The Morgan fingerprint density at radius 1 is 1.06 bits per heavy atom. The van der Waals surface area contributed by atoms with Gasteiger partial charge in [-0.3, -0.25) is 9.69 Å². The van der Waals surface area contributed by atoms with Crippen LogP contribution in [0.15, 0.2) is 30.5 Å². The number of rotatable bonds is 5. The van der Waals surface area contributed by atoms with E-state index in [-0.39, 0.29) is 5.92 Å². The van der Waals surface area contributed by atoms with Crippen molar-refractivity contribution in [1.82, 2.24) is 9.88 Å². The summed E-state index contributed by atoms with van der Waals surface area (Å²) in [6.45, 7) is 3.27. The lowest BCUT2D eigenvalue weighted by atomic mass is 9.78. The van der Waals surface area contributed by atoms with Crippen molar-refractivity contribution >= 4 is 22.6 Å². The number of nitrogens with one attached hydrogen (secondary N) is 1. The van der Waals surface area contributed by atoms with Gasteiger partial charge in [0, 0.05) is 36.3 Å². The third kappa shape index (κ3) is 4.57. The number of nitrogens with zero attached hydrogens (tertiary/aromatic N) is 2. The summed E-state index contributed by atoms with van der Waals surface area (Å²) in [4.78, 5) is 18.8. The van der Waals surface area contributed by atoms with Gasteiger partial charge in [-0.25, -0.2) is 4.98 Å². The van der Waals surface area contributed by atoms with E-state index >= 15 is 0 Å². The Labute approximate surface area is 185 Å². The van der Waals surface area contributed by atoms with Gasteiger partial charge < -0.3 is 10.4 Å². The van der Waals surface area contributed by atoms with Crippen LogP contribution in [0.3, 0.4) is 0 Å². The summed E-state index contributed by atoms with van der Waals surface area (Å²) in [6, 6.07) is 10.3. The number of carboxylic acid groups (broad SMARTS) is 1. The number of benzene rings is 1. The van der Waals surface area contributed by atoms with Crippen molar-refractivity contribution in [2.75, 3.05) is 5.32 Å². The molecule has 3 heterocycles. The predicted molar refractivity (Wildman–Crippen MR) is 124 cm³/mol.